The Morgan fingerprint density at radius 1 is 1.37 bits per heavy atom. The van der Waals surface area contributed by atoms with Gasteiger partial charge in [0, 0.05) is 4.90 Å². The van der Waals surface area contributed by atoms with Crippen molar-refractivity contribution < 1.29 is 14.7 Å². The summed E-state index contributed by atoms with van der Waals surface area (Å²) < 4.78 is 0. The first kappa shape index (κ1) is 15.6. The number of carboxylic acid groups (broad SMARTS) is 1. The Morgan fingerprint density at radius 2 is 2.05 bits per heavy atom. The summed E-state index contributed by atoms with van der Waals surface area (Å²) in [5.41, 5.74) is 0.526. The van der Waals surface area contributed by atoms with Crippen LogP contribution in [0, 0.1) is 0 Å². The predicted molar refractivity (Wildman–Crippen MR) is 76.6 cm³/mol. The second-order valence-electron chi connectivity index (χ2n) is 4.21. The molecule has 0 unspecified atom stereocenters. The molecule has 0 radical (unpaired) electrons. The first-order valence-corrected chi connectivity index (χ1v) is 7.49. The highest BCUT2D eigenvalue weighted by atomic mass is 32.2. The van der Waals surface area contributed by atoms with E-state index in [1.54, 1.807) is 12.1 Å². The summed E-state index contributed by atoms with van der Waals surface area (Å²) in [5.74, 6) is -1.31. The van der Waals surface area contributed by atoms with Gasteiger partial charge in [-0.15, -0.1) is 11.8 Å². The zero-order chi connectivity index (χ0) is 14.3. The minimum absolute atomic E-state index is 0.326. The van der Waals surface area contributed by atoms with Crippen LogP contribution in [-0.2, 0) is 4.79 Å². The van der Waals surface area contributed by atoms with Gasteiger partial charge in [0.1, 0.15) is 6.04 Å². The zero-order valence-corrected chi connectivity index (χ0v) is 12.0. The Morgan fingerprint density at radius 3 is 2.63 bits per heavy atom. The van der Waals surface area contributed by atoms with Crippen LogP contribution in [0.1, 0.15) is 36.5 Å². The summed E-state index contributed by atoms with van der Waals surface area (Å²) in [4.78, 5) is 24.1. The van der Waals surface area contributed by atoms with Crippen molar-refractivity contribution in [3.8, 4) is 0 Å². The number of carboxylic acids is 1. The number of carbonyl (C=O) groups excluding carboxylic acids is 1. The molecule has 104 valence electrons. The zero-order valence-electron chi connectivity index (χ0n) is 11.2. The van der Waals surface area contributed by atoms with Crippen LogP contribution in [0.25, 0.3) is 0 Å². The van der Waals surface area contributed by atoms with Crippen LogP contribution in [-0.4, -0.2) is 29.3 Å². The monoisotopic (exact) mass is 281 g/mol. The van der Waals surface area contributed by atoms with E-state index in [0.29, 0.717) is 12.0 Å². The molecule has 0 aliphatic rings. The van der Waals surface area contributed by atoms with Gasteiger partial charge in [-0.25, -0.2) is 4.79 Å². The van der Waals surface area contributed by atoms with Crippen molar-refractivity contribution in [2.75, 3.05) is 6.26 Å². The number of aliphatic carboxylic acids is 1. The minimum Gasteiger partial charge on any atom is -0.480 e. The van der Waals surface area contributed by atoms with Gasteiger partial charge >= 0.3 is 5.97 Å². The van der Waals surface area contributed by atoms with Gasteiger partial charge < -0.3 is 10.4 Å². The fourth-order valence-corrected chi connectivity index (χ4v) is 2.33. The summed E-state index contributed by atoms with van der Waals surface area (Å²) in [6, 6.07) is 6.37. The van der Waals surface area contributed by atoms with E-state index < -0.39 is 12.0 Å². The molecule has 1 rings (SSSR count). The van der Waals surface area contributed by atoms with Crippen molar-refractivity contribution in [2.45, 2.75) is 37.1 Å². The van der Waals surface area contributed by atoms with Crippen molar-refractivity contribution in [1.82, 2.24) is 5.32 Å². The lowest BCUT2D eigenvalue weighted by atomic mass is 10.1. The van der Waals surface area contributed by atoms with E-state index in [9.17, 15) is 9.59 Å². The molecule has 2 N–H and O–H groups in total. The SMILES string of the molecule is CCCC[C@H](NC(=O)c1ccccc1SC)C(=O)O. The molecular formula is C14H19NO3S. The molecule has 1 aromatic rings. The largest absolute Gasteiger partial charge is 0.480 e. The van der Waals surface area contributed by atoms with Crippen LogP contribution in [0.5, 0.6) is 0 Å². The maximum atomic E-state index is 12.1. The molecular weight excluding hydrogens is 262 g/mol. The lowest BCUT2D eigenvalue weighted by Crippen LogP contribution is -2.40. The van der Waals surface area contributed by atoms with Crippen molar-refractivity contribution in [3.63, 3.8) is 0 Å². The Kier molecular flexibility index (Phi) is 6.42. The van der Waals surface area contributed by atoms with E-state index in [0.717, 1.165) is 17.7 Å². The average molecular weight is 281 g/mol. The number of unbranched alkanes of at least 4 members (excludes halogenated alkanes) is 1. The number of hydrogen-bond acceptors (Lipinski definition) is 3. The van der Waals surface area contributed by atoms with Gasteiger partial charge in [-0.2, -0.15) is 0 Å². The molecule has 1 amide bonds. The topological polar surface area (TPSA) is 66.4 Å². The summed E-state index contributed by atoms with van der Waals surface area (Å²) >= 11 is 1.47. The summed E-state index contributed by atoms with van der Waals surface area (Å²) in [7, 11) is 0. The van der Waals surface area contributed by atoms with Crippen LogP contribution >= 0.6 is 11.8 Å². The molecule has 0 aliphatic heterocycles. The van der Waals surface area contributed by atoms with Gasteiger partial charge in [-0.05, 0) is 24.8 Å². The highest BCUT2D eigenvalue weighted by Crippen LogP contribution is 2.19. The van der Waals surface area contributed by atoms with Crippen molar-refractivity contribution in [1.29, 1.82) is 0 Å². The highest BCUT2D eigenvalue weighted by Gasteiger charge is 2.21. The standard InChI is InChI=1S/C14H19NO3S/c1-3-4-8-11(14(17)18)15-13(16)10-7-5-6-9-12(10)19-2/h5-7,9,11H,3-4,8H2,1-2H3,(H,15,16)(H,17,18)/t11-/m0/s1. The Bertz CT molecular complexity index is 448. The van der Waals surface area contributed by atoms with Crippen molar-refractivity contribution >= 4 is 23.6 Å². The van der Waals surface area contributed by atoms with E-state index in [-0.39, 0.29) is 5.91 Å². The van der Waals surface area contributed by atoms with Crippen LogP contribution < -0.4 is 5.32 Å². The van der Waals surface area contributed by atoms with Crippen LogP contribution in [0.15, 0.2) is 29.2 Å². The third-order valence-corrected chi connectivity index (χ3v) is 3.60. The Labute approximate surface area is 117 Å². The second kappa shape index (κ2) is 7.84. The third kappa shape index (κ3) is 4.59. The van der Waals surface area contributed by atoms with E-state index in [4.69, 9.17) is 5.11 Å². The van der Waals surface area contributed by atoms with Crippen LogP contribution in [0.2, 0.25) is 0 Å². The molecule has 0 heterocycles. The molecule has 0 fully saturated rings. The molecule has 0 bridgehead atoms. The third-order valence-electron chi connectivity index (χ3n) is 2.80. The fraction of sp³-hybridized carbons (Fsp3) is 0.429. The molecule has 0 saturated carbocycles. The van der Waals surface area contributed by atoms with Gasteiger partial charge in [0.05, 0.1) is 5.56 Å². The molecule has 0 saturated heterocycles. The molecule has 4 nitrogen and oxygen atoms in total. The van der Waals surface area contributed by atoms with E-state index in [1.807, 2.05) is 25.3 Å². The molecule has 0 aromatic heterocycles. The van der Waals surface area contributed by atoms with Gasteiger partial charge in [0.15, 0.2) is 0 Å². The summed E-state index contributed by atoms with van der Waals surface area (Å²) in [5, 5.41) is 11.7. The van der Waals surface area contributed by atoms with E-state index >= 15 is 0 Å². The highest BCUT2D eigenvalue weighted by molar-refractivity contribution is 7.98. The first-order chi connectivity index (χ1) is 9.10. The quantitative estimate of drug-likeness (QED) is 0.754. The Hall–Kier alpha value is -1.49. The molecule has 0 aliphatic carbocycles. The number of thioether (sulfide) groups is 1. The molecule has 5 heteroatoms. The molecule has 1 aromatic carbocycles. The van der Waals surface area contributed by atoms with Gasteiger partial charge in [-0.3, -0.25) is 4.79 Å². The van der Waals surface area contributed by atoms with Crippen molar-refractivity contribution in [2.24, 2.45) is 0 Å². The van der Waals surface area contributed by atoms with Gasteiger partial charge in [0.2, 0.25) is 0 Å². The molecule has 0 spiro atoms. The molecule has 1 atom stereocenters. The van der Waals surface area contributed by atoms with Gasteiger partial charge in [0.25, 0.3) is 5.91 Å². The fourth-order valence-electron chi connectivity index (χ4n) is 1.73. The lowest BCUT2D eigenvalue weighted by molar-refractivity contribution is -0.139. The number of rotatable bonds is 7. The smallest absolute Gasteiger partial charge is 0.326 e. The number of carbonyl (C=O) groups is 2. The van der Waals surface area contributed by atoms with Crippen LogP contribution in [0.4, 0.5) is 0 Å². The normalized spacial score (nSPS) is 11.9. The van der Waals surface area contributed by atoms with E-state index in [1.165, 1.54) is 11.8 Å². The van der Waals surface area contributed by atoms with E-state index in [2.05, 4.69) is 5.32 Å². The maximum absolute atomic E-state index is 12.1. The second-order valence-corrected chi connectivity index (χ2v) is 5.05. The maximum Gasteiger partial charge on any atom is 0.326 e. The molecule has 19 heavy (non-hydrogen) atoms. The number of nitrogens with one attached hydrogen (secondary N) is 1. The summed E-state index contributed by atoms with van der Waals surface area (Å²) in [6.45, 7) is 1.99. The van der Waals surface area contributed by atoms with Gasteiger partial charge in [-0.1, -0.05) is 31.9 Å². The number of amides is 1. The summed E-state index contributed by atoms with van der Waals surface area (Å²) in [6.07, 6.45) is 4.03. The predicted octanol–water partition coefficient (Wildman–Crippen LogP) is 2.78. The first-order valence-electron chi connectivity index (χ1n) is 6.26. The number of hydrogen-bond donors (Lipinski definition) is 2. The van der Waals surface area contributed by atoms with Crippen molar-refractivity contribution in [3.05, 3.63) is 29.8 Å². The van der Waals surface area contributed by atoms with Crippen LogP contribution in [0.3, 0.4) is 0 Å². The average Bonchev–Trinajstić information content (AvgIpc) is 2.42. The minimum atomic E-state index is -0.983. The number of benzene rings is 1. The lowest BCUT2D eigenvalue weighted by Gasteiger charge is -2.15. The Balaban J connectivity index is 2.78.